The number of carbonyl (C=O) groups is 1. The molecule has 1 unspecified atom stereocenters. The van der Waals surface area contributed by atoms with E-state index < -0.39 is 0 Å². The van der Waals surface area contributed by atoms with Crippen molar-refractivity contribution in [1.29, 1.82) is 0 Å². The Kier molecular flexibility index (Phi) is 5.54. The van der Waals surface area contributed by atoms with E-state index in [1.807, 2.05) is 6.92 Å². The molecule has 0 radical (unpaired) electrons. The lowest BCUT2D eigenvalue weighted by molar-refractivity contribution is -0.119. The molecular formula is C16H24O2. The van der Waals surface area contributed by atoms with E-state index in [4.69, 9.17) is 4.74 Å². The van der Waals surface area contributed by atoms with Gasteiger partial charge >= 0.3 is 0 Å². The predicted octanol–water partition coefficient (Wildman–Crippen LogP) is 3.54. The highest BCUT2D eigenvalue weighted by Gasteiger charge is 2.11. The molecule has 0 saturated carbocycles. The molecule has 0 aliphatic rings. The molecule has 0 fully saturated rings. The fourth-order valence-electron chi connectivity index (χ4n) is 2.26. The van der Waals surface area contributed by atoms with Crippen LogP contribution in [0.4, 0.5) is 0 Å². The van der Waals surface area contributed by atoms with Gasteiger partial charge in [-0.05, 0) is 50.8 Å². The summed E-state index contributed by atoms with van der Waals surface area (Å²) in [5, 5.41) is 0. The molecule has 2 heteroatoms. The summed E-state index contributed by atoms with van der Waals surface area (Å²) < 4.78 is 5.16. The van der Waals surface area contributed by atoms with Crippen molar-refractivity contribution in [2.75, 3.05) is 7.11 Å². The fraction of sp³-hybridized carbons (Fsp3) is 0.562. The van der Waals surface area contributed by atoms with E-state index in [-0.39, 0.29) is 6.10 Å². The van der Waals surface area contributed by atoms with E-state index in [1.165, 1.54) is 22.3 Å². The lowest BCUT2D eigenvalue weighted by atomic mass is 9.94. The van der Waals surface area contributed by atoms with E-state index in [0.29, 0.717) is 18.6 Å². The van der Waals surface area contributed by atoms with Gasteiger partial charge in [0.1, 0.15) is 5.78 Å². The van der Waals surface area contributed by atoms with Gasteiger partial charge < -0.3 is 4.74 Å². The van der Waals surface area contributed by atoms with E-state index >= 15 is 0 Å². The molecule has 1 rings (SSSR count). The number of aryl methyl sites for hydroxylation is 3. The van der Waals surface area contributed by atoms with Gasteiger partial charge in [-0.15, -0.1) is 0 Å². The number of hydrogen-bond acceptors (Lipinski definition) is 2. The van der Waals surface area contributed by atoms with Crippen molar-refractivity contribution in [2.45, 2.75) is 53.1 Å². The monoisotopic (exact) mass is 248 g/mol. The van der Waals surface area contributed by atoms with Crippen LogP contribution in [0.15, 0.2) is 12.1 Å². The molecule has 1 atom stereocenters. The minimum absolute atomic E-state index is 0.161. The smallest absolute Gasteiger partial charge is 0.137 e. The van der Waals surface area contributed by atoms with Crippen molar-refractivity contribution in [3.8, 4) is 0 Å². The van der Waals surface area contributed by atoms with E-state index in [9.17, 15) is 4.79 Å². The lowest BCUT2D eigenvalue weighted by Gasteiger charge is -2.12. The second-order valence-corrected chi connectivity index (χ2v) is 5.18. The van der Waals surface area contributed by atoms with Crippen molar-refractivity contribution in [3.63, 3.8) is 0 Å². The molecule has 100 valence electrons. The van der Waals surface area contributed by atoms with Crippen LogP contribution in [0.2, 0.25) is 0 Å². The normalized spacial score (nSPS) is 12.5. The third kappa shape index (κ3) is 4.26. The zero-order valence-electron chi connectivity index (χ0n) is 12.2. The summed E-state index contributed by atoms with van der Waals surface area (Å²) in [5.74, 6) is 0.300. The molecule has 0 aromatic heterocycles. The van der Waals surface area contributed by atoms with Crippen molar-refractivity contribution >= 4 is 5.78 Å². The summed E-state index contributed by atoms with van der Waals surface area (Å²) in [4.78, 5) is 12.0. The van der Waals surface area contributed by atoms with Crippen molar-refractivity contribution in [3.05, 3.63) is 34.4 Å². The van der Waals surface area contributed by atoms with Crippen LogP contribution in [0, 0.1) is 20.8 Å². The number of methoxy groups -OCH3 is 1. The molecule has 0 heterocycles. The second kappa shape index (κ2) is 6.69. The first-order valence-corrected chi connectivity index (χ1v) is 6.55. The number of hydrogen-bond donors (Lipinski definition) is 0. The highest BCUT2D eigenvalue weighted by atomic mass is 16.5. The van der Waals surface area contributed by atoms with Crippen LogP contribution in [-0.4, -0.2) is 19.0 Å². The maximum absolute atomic E-state index is 12.0. The van der Waals surface area contributed by atoms with Gasteiger partial charge in [-0.2, -0.15) is 0 Å². The lowest BCUT2D eigenvalue weighted by Crippen LogP contribution is -2.11. The number of benzene rings is 1. The molecule has 18 heavy (non-hydrogen) atoms. The van der Waals surface area contributed by atoms with Gasteiger partial charge in [0.2, 0.25) is 0 Å². The van der Waals surface area contributed by atoms with E-state index in [1.54, 1.807) is 7.11 Å². The zero-order valence-corrected chi connectivity index (χ0v) is 12.2. The average Bonchev–Trinajstić information content (AvgIpc) is 2.30. The molecule has 1 aromatic carbocycles. The van der Waals surface area contributed by atoms with Crippen LogP contribution in [0.5, 0.6) is 0 Å². The highest BCUT2D eigenvalue weighted by Crippen LogP contribution is 2.18. The first kappa shape index (κ1) is 14.9. The van der Waals surface area contributed by atoms with Crippen molar-refractivity contribution < 1.29 is 9.53 Å². The third-order valence-electron chi connectivity index (χ3n) is 3.45. The summed E-state index contributed by atoms with van der Waals surface area (Å²) in [5.41, 5.74) is 4.89. The topological polar surface area (TPSA) is 26.3 Å². The standard InChI is InChI=1S/C16H24O2/c1-11-8-12(2)16(13(3)9-11)10-15(17)7-6-14(4)18-5/h8-9,14H,6-7,10H2,1-5H3. The number of Topliss-reactive ketones (excluding diaryl/α,β-unsaturated/α-hetero) is 1. The van der Waals surface area contributed by atoms with Crippen LogP contribution in [0.1, 0.15) is 42.0 Å². The zero-order chi connectivity index (χ0) is 13.7. The first-order chi connectivity index (χ1) is 8.43. The predicted molar refractivity (Wildman–Crippen MR) is 75.1 cm³/mol. The summed E-state index contributed by atoms with van der Waals surface area (Å²) in [6, 6.07) is 4.29. The molecule has 1 aromatic rings. The van der Waals surface area contributed by atoms with Crippen LogP contribution < -0.4 is 0 Å². The van der Waals surface area contributed by atoms with E-state index in [0.717, 1.165) is 6.42 Å². The summed E-state index contributed by atoms with van der Waals surface area (Å²) in [7, 11) is 1.68. The Morgan fingerprint density at radius 2 is 1.78 bits per heavy atom. The van der Waals surface area contributed by atoms with Crippen molar-refractivity contribution in [1.82, 2.24) is 0 Å². The Balaban J connectivity index is 2.65. The second-order valence-electron chi connectivity index (χ2n) is 5.18. The first-order valence-electron chi connectivity index (χ1n) is 6.55. The molecule has 0 aliphatic carbocycles. The molecular weight excluding hydrogens is 224 g/mol. The number of rotatable bonds is 6. The van der Waals surface area contributed by atoms with Gasteiger partial charge in [0.15, 0.2) is 0 Å². The summed E-state index contributed by atoms with van der Waals surface area (Å²) in [6.45, 7) is 8.25. The van der Waals surface area contributed by atoms with Crippen molar-refractivity contribution in [2.24, 2.45) is 0 Å². The molecule has 0 N–H and O–H groups in total. The molecule has 0 aliphatic heterocycles. The Hall–Kier alpha value is -1.15. The van der Waals surface area contributed by atoms with Crippen LogP contribution >= 0.6 is 0 Å². The van der Waals surface area contributed by atoms with Gasteiger partial charge in [0, 0.05) is 20.0 Å². The van der Waals surface area contributed by atoms with Gasteiger partial charge in [-0.1, -0.05) is 17.7 Å². The van der Waals surface area contributed by atoms with Crippen LogP contribution in [0.3, 0.4) is 0 Å². The number of carbonyl (C=O) groups excluding carboxylic acids is 1. The maximum atomic E-state index is 12.0. The molecule has 0 spiro atoms. The number of ether oxygens (including phenoxy) is 1. The number of ketones is 1. The molecule has 0 amide bonds. The fourth-order valence-corrected chi connectivity index (χ4v) is 2.26. The Morgan fingerprint density at radius 3 is 2.28 bits per heavy atom. The van der Waals surface area contributed by atoms with Gasteiger partial charge in [-0.25, -0.2) is 0 Å². The minimum Gasteiger partial charge on any atom is -0.382 e. The summed E-state index contributed by atoms with van der Waals surface area (Å²) in [6.07, 6.45) is 2.12. The molecule has 0 bridgehead atoms. The Bertz CT molecular complexity index is 398. The Morgan fingerprint density at radius 1 is 1.22 bits per heavy atom. The average molecular weight is 248 g/mol. The van der Waals surface area contributed by atoms with E-state index in [2.05, 4.69) is 32.9 Å². The van der Waals surface area contributed by atoms with Gasteiger partial charge in [0.05, 0.1) is 6.10 Å². The SMILES string of the molecule is COC(C)CCC(=O)Cc1c(C)cc(C)cc1C. The summed E-state index contributed by atoms with van der Waals surface area (Å²) >= 11 is 0. The Labute approximate surface area is 110 Å². The van der Waals surface area contributed by atoms with Crippen LogP contribution in [0.25, 0.3) is 0 Å². The third-order valence-corrected chi connectivity index (χ3v) is 3.45. The van der Waals surface area contributed by atoms with Gasteiger partial charge in [-0.3, -0.25) is 4.79 Å². The van der Waals surface area contributed by atoms with Crippen LogP contribution in [-0.2, 0) is 16.0 Å². The minimum atomic E-state index is 0.161. The molecule has 0 saturated heterocycles. The highest BCUT2D eigenvalue weighted by molar-refractivity contribution is 5.81. The quantitative estimate of drug-likeness (QED) is 0.769. The largest absolute Gasteiger partial charge is 0.382 e. The molecule has 2 nitrogen and oxygen atoms in total. The maximum Gasteiger partial charge on any atom is 0.137 e. The van der Waals surface area contributed by atoms with Gasteiger partial charge in [0.25, 0.3) is 0 Å².